The van der Waals surface area contributed by atoms with Crippen LogP contribution in [0.3, 0.4) is 0 Å². The van der Waals surface area contributed by atoms with Crippen LogP contribution < -0.4 is 5.32 Å². The maximum atomic E-state index is 5.39. The summed E-state index contributed by atoms with van der Waals surface area (Å²) in [6, 6.07) is 2.40. The number of hydrogen-bond donors (Lipinski definition) is 1. The minimum Gasteiger partial charge on any atom is -0.465 e. The minimum atomic E-state index is 0.412. The van der Waals surface area contributed by atoms with Crippen LogP contribution in [0.15, 0.2) is 22.3 Å². The van der Waals surface area contributed by atoms with Gasteiger partial charge in [-0.05, 0) is 51.4 Å². The molecule has 0 aliphatic heterocycles. The lowest BCUT2D eigenvalue weighted by Crippen LogP contribution is -2.27. The molecular weight excluding hydrogens is 186 g/mol. The second-order valence-corrected chi connectivity index (χ2v) is 4.03. The molecular formula is C13H21NO. The Hall–Kier alpha value is -1.02. The summed E-state index contributed by atoms with van der Waals surface area (Å²) in [5.74, 6) is 0.970. The summed E-state index contributed by atoms with van der Waals surface area (Å²) in [6.07, 6.45) is 5.01. The smallest absolute Gasteiger partial charge is 0.129 e. The molecule has 1 heterocycles. The molecule has 1 aromatic rings. The fourth-order valence-electron chi connectivity index (χ4n) is 1.39. The highest BCUT2D eigenvalue weighted by atomic mass is 16.3. The van der Waals surface area contributed by atoms with Crippen molar-refractivity contribution >= 4 is 6.08 Å². The lowest BCUT2D eigenvalue weighted by Gasteiger charge is -2.13. The van der Waals surface area contributed by atoms with Gasteiger partial charge in [-0.1, -0.05) is 12.5 Å². The van der Waals surface area contributed by atoms with Gasteiger partial charge in [0.1, 0.15) is 5.76 Å². The van der Waals surface area contributed by atoms with Crippen molar-refractivity contribution < 1.29 is 4.42 Å². The van der Waals surface area contributed by atoms with Crippen LogP contribution in [0.4, 0.5) is 0 Å². The Bertz CT molecular complexity index is 325. The van der Waals surface area contributed by atoms with E-state index in [0.29, 0.717) is 6.04 Å². The summed E-state index contributed by atoms with van der Waals surface area (Å²) in [5, 5.41) is 3.45. The van der Waals surface area contributed by atoms with E-state index in [2.05, 4.69) is 39.1 Å². The van der Waals surface area contributed by atoms with Crippen molar-refractivity contribution in [2.75, 3.05) is 6.54 Å². The Labute approximate surface area is 92.4 Å². The molecule has 1 N–H and O–H groups in total. The molecule has 0 aromatic carbocycles. The molecule has 0 fully saturated rings. The molecule has 0 bridgehead atoms. The molecule has 84 valence electrons. The highest BCUT2D eigenvalue weighted by Crippen LogP contribution is 2.14. The summed E-state index contributed by atoms with van der Waals surface area (Å²) in [4.78, 5) is 0. The van der Waals surface area contributed by atoms with Gasteiger partial charge >= 0.3 is 0 Å². The first-order valence-electron chi connectivity index (χ1n) is 5.60. The van der Waals surface area contributed by atoms with Gasteiger partial charge in [0, 0.05) is 6.04 Å². The van der Waals surface area contributed by atoms with Crippen molar-refractivity contribution in [1.29, 1.82) is 0 Å². The van der Waals surface area contributed by atoms with Gasteiger partial charge in [0.15, 0.2) is 0 Å². The number of nitrogens with one attached hydrogen (secondary N) is 1. The Morgan fingerprint density at radius 1 is 1.60 bits per heavy atom. The summed E-state index contributed by atoms with van der Waals surface area (Å²) in [7, 11) is 0. The van der Waals surface area contributed by atoms with Crippen molar-refractivity contribution in [1.82, 2.24) is 5.32 Å². The fraction of sp³-hybridized carbons (Fsp3) is 0.538. The van der Waals surface area contributed by atoms with Crippen LogP contribution in [0.25, 0.3) is 6.08 Å². The third-order valence-corrected chi connectivity index (χ3v) is 2.64. The van der Waals surface area contributed by atoms with Crippen LogP contribution in [0.5, 0.6) is 0 Å². The average molecular weight is 207 g/mol. The molecule has 0 aliphatic rings. The van der Waals surface area contributed by atoms with Gasteiger partial charge in [-0.15, -0.1) is 0 Å². The third-order valence-electron chi connectivity index (χ3n) is 2.64. The molecule has 2 heteroatoms. The second kappa shape index (κ2) is 5.76. The summed E-state index contributed by atoms with van der Waals surface area (Å²) < 4.78 is 5.39. The third kappa shape index (κ3) is 3.56. The molecule has 15 heavy (non-hydrogen) atoms. The zero-order valence-corrected chi connectivity index (χ0v) is 10.1. The van der Waals surface area contributed by atoms with Crippen LogP contribution in [0.1, 0.15) is 38.5 Å². The normalized spacial score (nSPS) is 14.3. The number of aryl methyl sites for hydroxylation is 1. The monoisotopic (exact) mass is 207 g/mol. The van der Waals surface area contributed by atoms with Crippen molar-refractivity contribution in [2.45, 2.75) is 40.2 Å². The number of rotatable bonds is 5. The Morgan fingerprint density at radius 2 is 2.33 bits per heavy atom. The van der Waals surface area contributed by atoms with E-state index in [4.69, 9.17) is 4.42 Å². The molecule has 0 radical (unpaired) electrons. The van der Waals surface area contributed by atoms with Crippen LogP contribution in [0.2, 0.25) is 0 Å². The van der Waals surface area contributed by atoms with Crippen molar-refractivity contribution in [3.8, 4) is 0 Å². The van der Waals surface area contributed by atoms with Gasteiger partial charge in [-0.2, -0.15) is 0 Å². The molecule has 2 nitrogen and oxygen atoms in total. The largest absolute Gasteiger partial charge is 0.465 e. The van der Waals surface area contributed by atoms with Crippen LogP contribution >= 0.6 is 0 Å². The Morgan fingerprint density at radius 3 is 2.87 bits per heavy atom. The molecule has 0 amide bonds. The predicted molar refractivity (Wildman–Crippen MR) is 64.9 cm³/mol. The van der Waals surface area contributed by atoms with Crippen LogP contribution in [-0.2, 0) is 0 Å². The minimum absolute atomic E-state index is 0.412. The maximum Gasteiger partial charge on any atom is 0.129 e. The van der Waals surface area contributed by atoms with E-state index in [-0.39, 0.29) is 0 Å². The molecule has 0 aliphatic carbocycles. The summed E-state index contributed by atoms with van der Waals surface area (Å²) >= 11 is 0. The molecule has 1 atom stereocenters. The molecule has 0 saturated heterocycles. The SMILES string of the molecule is CCCNC(C)/C(C)=C/c1occc1C. The quantitative estimate of drug-likeness (QED) is 0.800. The Kier molecular flexibility index (Phi) is 4.63. The highest BCUT2D eigenvalue weighted by Gasteiger charge is 2.04. The molecule has 1 aromatic heterocycles. The second-order valence-electron chi connectivity index (χ2n) is 4.03. The van der Waals surface area contributed by atoms with E-state index in [1.165, 1.54) is 11.1 Å². The van der Waals surface area contributed by atoms with Crippen molar-refractivity contribution in [3.63, 3.8) is 0 Å². The average Bonchev–Trinajstić information content (AvgIpc) is 2.61. The van der Waals surface area contributed by atoms with Gasteiger partial charge in [0.2, 0.25) is 0 Å². The van der Waals surface area contributed by atoms with Crippen molar-refractivity contribution in [2.24, 2.45) is 0 Å². The van der Waals surface area contributed by atoms with E-state index in [0.717, 1.165) is 18.7 Å². The Balaban J connectivity index is 2.63. The van der Waals surface area contributed by atoms with Gasteiger partial charge in [-0.25, -0.2) is 0 Å². The first kappa shape index (κ1) is 12.1. The van der Waals surface area contributed by atoms with Gasteiger partial charge < -0.3 is 9.73 Å². The number of furan rings is 1. The van der Waals surface area contributed by atoms with Crippen molar-refractivity contribution in [3.05, 3.63) is 29.2 Å². The predicted octanol–water partition coefficient (Wildman–Crippen LogP) is 3.38. The van der Waals surface area contributed by atoms with Crippen LogP contribution in [-0.4, -0.2) is 12.6 Å². The lowest BCUT2D eigenvalue weighted by molar-refractivity contribution is 0.552. The molecule has 1 unspecified atom stereocenters. The number of hydrogen-bond acceptors (Lipinski definition) is 2. The lowest BCUT2D eigenvalue weighted by atomic mass is 10.1. The molecule has 0 saturated carbocycles. The van der Waals surface area contributed by atoms with E-state index in [9.17, 15) is 0 Å². The maximum absolute atomic E-state index is 5.39. The van der Waals surface area contributed by atoms with Crippen LogP contribution in [0, 0.1) is 6.92 Å². The summed E-state index contributed by atoms with van der Waals surface area (Å²) in [6.45, 7) is 9.61. The standard InChI is InChI=1S/C13H21NO/c1-5-7-14-12(4)11(3)9-13-10(2)6-8-15-13/h6,8-9,12,14H,5,7H2,1-4H3/b11-9+. The first-order valence-corrected chi connectivity index (χ1v) is 5.60. The first-order chi connectivity index (χ1) is 7.15. The molecule has 1 rings (SSSR count). The zero-order chi connectivity index (χ0) is 11.3. The van der Waals surface area contributed by atoms with Gasteiger partial charge in [0.05, 0.1) is 6.26 Å². The van der Waals surface area contributed by atoms with E-state index < -0.39 is 0 Å². The fourth-order valence-corrected chi connectivity index (χ4v) is 1.39. The summed E-state index contributed by atoms with van der Waals surface area (Å²) in [5.41, 5.74) is 2.50. The van der Waals surface area contributed by atoms with E-state index in [1.54, 1.807) is 6.26 Å². The molecule has 0 spiro atoms. The van der Waals surface area contributed by atoms with Gasteiger partial charge in [0.25, 0.3) is 0 Å². The topological polar surface area (TPSA) is 25.2 Å². The van der Waals surface area contributed by atoms with E-state index in [1.807, 2.05) is 6.07 Å². The highest BCUT2D eigenvalue weighted by molar-refractivity contribution is 5.51. The van der Waals surface area contributed by atoms with Gasteiger partial charge in [-0.3, -0.25) is 0 Å². The zero-order valence-electron chi connectivity index (χ0n) is 10.1. The van der Waals surface area contributed by atoms with E-state index >= 15 is 0 Å².